The summed E-state index contributed by atoms with van der Waals surface area (Å²) in [5.41, 5.74) is 3.95. The van der Waals surface area contributed by atoms with Crippen LogP contribution in [0.5, 0.6) is 0 Å². The van der Waals surface area contributed by atoms with Crippen molar-refractivity contribution in [2.45, 2.75) is 6.92 Å². The maximum atomic E-state index is 12.8. The molecule has 0 atom stereocenters. The number of benzene rings is 2. The normalized spacial score (nSPS) is 14.2. The lowest BCUT2D eigenvalue weighted by molar-refractivity contribution is 0.0745. The van der Waals surface area contributed by atoms with E-state index in [4.69, 9.17) is 0 Å². The number of carbonyl (C=O) groups excluding carboxylic acids is 1. The van der Waals surface area contributed by atoms with Crippen molar-refractivity contribution in [1.82, 2.24) is 15.1 Å². The van der Waals surface area contributed by atoms with E-state index < -0.39 is 0 Å². The molecule has 1 aromatic heterocycles. The molecule has 4 rings (SSSR count). The molecular weight excluding hydrogens is 463 g/mol. The van der Waals surface area contributed by atoms with E-state index in [1.807, 2.05) is 53.4 Å². The molecule has 2 aromatic carbocycles. The van der Waals surface area contributed by atoms with Crippen LogP contribution in [-0.4, -0.2) is 47.2 Å². The van der Waals surface area contributed by atoms with Crippen LogP contribution in [0, 0.1) is 10.5 Å². The summed E-state index contributed by atoms with van der Waals surface area (Å²) in [6, 6.07) is 20.0. The third kappa shape index (κ3) is 3.87. The number of carbonyl (C=O) groups is 1. The zero-order valence-electron chi connectivity index (χ0n) is 15.7. The number of halogens is 1. The standard InChI is InChI=1S/C22H21IN4O/c1-16-6-2-3-7-17(16)20-10-11-21(25-24-20)26-12-14-27(15-13-26)22(28)18-8-4-5-9-19(18)23/h2-11H,12-15H2,1H3. The Morgan fingerprint density at radius 3 is 2.29 bits per heavy atom. The summed E-state index contributed by atoms with van der Waals surface area (Å²) < 4.78 is 0.991. The molecule has 5 nitrogen and oxygen atoms in total. The Morgan fingerprint density at radius 1 is 0.893 bits per heavy atom. The van der Waals surface area contributed by atoms with Crippen molar-refractivity contribution >= 4 is 34.3 Å². The zero-order chi connectivity index (χ0) is 19.5. The van der Waals surface area contributed by atoms with Gasteiger partial charge in [-0.1, -0.05) is 36.4 Å². The summed E-state index contributed by atoms with van der Waals surface area (Å²) in [6.07, 6.45) is 0. The molecule has 1 fully saturated rings. The van der Waals surface area contributed by atoms with Gasteiger partial charge in [-0.05, 0) is 59.3 Å². The second kappa shape index (κ2) is 8.26. The minimum absolute atomic E-state index is 0.102. The molecule has 1 saturated heterocycles. The highest BCUT2D eigenvalue weighted by molar-refractivity contribution is 14.1. The van der Waals surface area contributed by atoms with Gasteiger partial charge in [-0.25, -0.2) is 0 Å². The van der Waals surface area contributed by atoms with E-state index in [2.05, 4.69) is 56.7 Å². The minimum atomic E-state index is 0.102. The summed E-state index contributed by atoms with van der Waals surface area (Å²) in [4.78, 5) is 16.9. The Hall–Kier alpha value is -2.48. The van der Waals surface area contributed by atoms with Crippen molar-refractivity contribution in [1.29, 1.82) is 0 Å². The Labute approximate surface area is 178 Å². The molecule has 0 radical (unpaired) electrons. The van der Waals surface area contributed by atoms with Crippen LogP contribution in [-0.2, 0) is 0 Å². The van der Waals surface area contributed by atoms with Gasteiger partial charge < -0.3 is 9.80 Å². The predicted octanol–water partition coefficient (Wildman–Crippen LogP) is 4.02. The molecule has 3 aromatic rings. The molecule has 0 aliphatic carbocycles. The van der Waals surface area contributed by atoms with Crippen LogP contribution in [0.15, 0.2) is 60.7 Å². The van der Waals surface area contributed by atoms with E-state index >= 15 is 0 Å². The lowest BCUT2D eigenvalue weighted by Gasteiger charge is -2.35. The second-order valence-electron chi connectivity index (χ2n) is 6.85. The average Bonchev–Trinajstić information content (AvgIpc) is 2.74. The molecule has 0 spiro atoms. The largest absolute Gasteiger partial charge is 0.352 e. The van der Waals surface area contributed by atoms with E-state index in [1.165, 1.54) is 5.56 Å². The minimum Gasteiger partial charge on any atom is -0.352 e. The highest BCUT2D eigenvalue weighted by atomic mass is 127. The molecule has 0 saturated carbocycles. The van der Waals surface area contributed by atoms with Gasteiger partial charge in [0.1, 0.15) is 0 Å². The SMILES string of the molecule is Cc1ccccc1-c1ccc(N2CCN(C(=O)c3ccccc3I)CC2)nn1. The Kier molecular flexibility index (Phi) is 5.57. The van der Waals surface area contributed by atoms with Crippen LogP contribution in [0.3, 0.4) is 0 Å². The molecule has 0 unspecified atom stereocenters. The van der Waals surface area contributed by atoms with Crippen LogP contribution in [0.25, 0.3) is 11.3 Å². The summed E-state index contributed by atoms with van der Waals surface area (Å²) in [6.45, 7) is 4.96. The summed E-state index contributed by atoms with van der Waals surface area (Å²) in [5.74, 6) is 0.962. The van der Waals surface area contributed by atoms with Crippen molar-refractivity contribution < 1.29 is 4.79 Å². The summed E-state index contributed by atoms with van der Waals surface area (Å²) in [7, 11) is 0. The quantitative estimate of drug-likeness (QED) is 0.528. The van der Waals surface area contributed by atoms with Crippen molar-refractivity contribution in [2.75, 3.05) is 31.1 Å². The number of aryl methyl sites for hydroxylation is 1. The van der Waals surface area contributed by atoms with Gasteiger partial charge in [0.15, 0.2) is 5.82 Å². The fraction of sp³-hybridized carbons (Fsp3) is 0.227. The van der Waals surface area contributed by atoms with Crippen LogP contribution in [0.2, 0.25) is 0 Å². The summed E-state index contributed by atoms with van der Waals surface area (Å²) in [5, 5.41) is 8.86. The van der Waals surface area contributed by atoms with E-state index in [0.717, 1.165) is 39.3 Å². The Bertz CT molecular complexity index is 982. The fourth-order valence-corrected chi connectivity index (χ4v) is 4.06. The van der Waals surface area contributed by atoms with Gasteiger partial charge in [-0.2, -0.15) is 0 Å². The van der Waals surface area contributed by atoms with Crippen LogP contribution < -0.4 is 4.90 Å². The topological polar surface area (TPSA) is 49.3 Å². The lowest BCUT2D eigenvalue weighted by Crippen LogP contribution is -2.49. The van der Waals surface area contributed by atoms with E-state index in [-0.39, 0.29) is 5.91 Å². The monoisotopic (exact) mass is 484 g/mol. The Balaban J connectivity index is 1.42. The molecule has 1 amide bonds. The first-order valence-corrected chi connectivity index (χ1v) is 10.4. The van der Waals surface area contributed by atoms with Crippen LogP contribution in [0.1, 0.15) is 15.9 Å². The average molecular weight is 484 g/mol. The molecule has 142 valence electrons. The van der Waals surface area contributed by atoms with E-state index in [1.54, 1.807) is 0 Å². The number of anilines is 1. The highest BCUT2D eigenvalue weighted by Gasteiger charge is 2.24. The van der Waals surface area contributed by atoms with Gasteiger partial charge in [0.05, 0.1) is 11.3 Å². The molecule has 6 heteroatoms. The second-order valence-corrected chi connectivity index (χ2v) is 8.01. The van der Waals surface area contributed by atoms with Gasteiger partial charge in [0, 0.05) is 35.3 Å². The molecule has 28 heavy (non-hydrogen) atoms. The molecule has 1 aliphatic heterocycles. The van der Waals surface area contributed by atoms with Gasteiger partial charge in [0.25, 0.3) is 5.91 Å². The number of hydrogen-bond donors (Lipinski definition) is 0. The molecular formula is C22H21IN4O. The van der Waals surface area contributed by atoms with E-state index in [0.29, 0.717) is 13.1 Å². The van der Waals surface area contributed by atoms with Gasteiger partial charge in [0.2, 0.25) is 0 Å². The smallest absolute Gasteiger partial charge is 0.255 e. The maximum Gasteiger partial charge on any atom is 0.255 e. The van der Waals surface area contributed by atoms with Crippen molar-refractivity contribution in [3.8, 4) is 11.3 Å². The van der Waals surface area contributed by atoms with Gasteiger partial charge in [-0.15, -0.1) is 10.2 Å². The first kappa shape index (κ1) is 18.9. The zero-order valence-corrected chi connectivity index (χ0v) is 17.8. The molecule has 2 heterocycles. The predicted molar refractivity (Wildman–Crippen MR) is 119 cm³/mol. The summed E-state index contributed by atoms with van der Waals surface area (Å²) >= 11 is 2.22. The van der Waals surface area contributed by atoms with Gasteiger partial charge >= 0.3 is 0 Å². The lowest BCUT2D eigenvalue weighted by atomic mass is 10.1. The molecule has 0 bridgehead atoms. The van der Waals surface area contributed by atoms with Crippen LogP contribution in [0.4, 0.5) is 5.82 Å². The third-order valence-electron chi connectivity index (χ3n) is 5.07. The first-order chi connectivity index (χ1) is 13.6. The highest BCUT2D eigenvalue weighted by Crippen LogP contribution is 2.23. The number of hydrogen-bond acceptors (Lipinski definition) is 4. The van der Waals surface area contributed by atoms with Crippen molar-refractivity contribution in [3.63, 3.8) is 0 Å². The van der Waals surface area contributed by atoms with Crippen molar-refractivity contribution in [2.24, 2.45) is 0 Å². The molecule has 0 N–H and O–H groups in total. The maximum absolute atomic E-state index is 12.8. The Morgan fingerprint density at radius 2 is 1.61 bits per heavy atom. The van der Waals surface area contributed by atoms with Crippen molar-refractivity contribution in [3.05, 3.63) is 75.4 Å². The van der Waals surface area contributed by atoms with E-state index in [9.17, 15) is 4.79 Å². The van der Waals surface area contributed by atoms with Gasteiger partial charge in [-0.3, -0.25) is 4.79 Å². The number of aromatic nitrogens is 2. The number of nitrogens with zero attached hydrogens (tertiary/aromatic N) is 4. The molecule has 1 aliphatic rings. The number of rotatable bonds is 3. The first-order valence-electron chi connectivity index (χ1n) is 9.32. The number of amides is 1. The fourth-order valence-electron chi connectivity index (χ4n) is 3.44. The third-order valence-corrected chi connectivity index (χ3v) is 6.01. The number of piperazine rings is 1. The van der Waals surface area contributed by atoms with Crippen LogP contribution >= 0.6 is 22.6 Å².